The Balaban J connectivity index is 2.64. The van der Waals surface area contributed by atoms with Crippen molar-refractivity contribution in [3.05, 3.63) is 16.1 Å². The summed E-state index contributed by atoms with van der Waals surface area (Å²) in [5, 5.41) is 5.91. The van der Waals surface area contributed by atoms with Gasteiger partial charge in [0.15, 0.2) is 9.84 Å². The molecule has 0 fully saturated rings. The summed E-state index contributed by atoms with van der Waals surface area (Å²) in [5.41, 5.74) is 0.928. The highest BCUT2D eigenvalue weighted by molar-refractivity contribution is 7.90. The fourth-order valence-corrected chi connectivity index (χ4v) is 3.38. The molecule has 1 aromatic rings. The fourth-order valence-electron chi connectivity index (χ4n) is 1.28. The van der Waals surface area contributed by atoms with Crippen LogP contribution in [-0.2, 0) is 15.6 Å². The van der Waals surface area contributed by atoms with E-state index in [1.54, 1.807) is 0 Å². The van der Waals surface area contributed by atoms with Crippen LogP contribution in [0.3, 0.4) is 0 Å². The molecule has 0 spiro atoms. The standard InChI is InChI=1S/C10H18N2O2S2/c1-4-5-11-8(2)9-6-15-10(12-9)7-16(3,13)14/h6,8,11H,4-5,7H2,1-3H3. The zero-order valence-electron chi connectivity index (χ0n) is 9.86. The van der Waals surface area contributed by atoms with E-state index >= 15 is 0 Å². The number of nitrogens with zero attached hydrogens (tertiary/aromatic N) is 1. The second kappa shape index (κ2) is 5.75. The average molecular weight is 262 g/mol. The number of hydrogen-bond donors (Lipinski definition) is 1. The molecular formula is C10H18N2O2S2. The van der Waals surface area contributed by atoms with Crippen LogP contribution in [0.15, 0.2) is 5.38 Å². The van der Waals surface area contributed by atoms with E-state index in [-0.39, 0.29) is 11.8 Å². The molecule has 0 aromatic carbocycles. The highest BCUT2D eigenvalue weighted by Crippen LogP contribution is 2.18. The van der Waals surface area contributed by atoms with Gasteiger partial charge in [0.2, 0.25) is 0 Å². The lowest BCUT2D eigenvalue weighted by molar-refractivity contribution is 0.560. The number of thiazole rings is 1. The Hall–Kier alpha value is -0.460. The van der Waals surface area contributed by atoms with Crippen LogP contribution in [0.1, 0.15) is 37.0 Å². The molecule has 0 aliphatic carbocycles. The third-order valence-corrected chi connectivity index (χ3v) is 3.95. The molecule has 1 rings (SSSR count). The van der Waals surface area contributed by atoms with Crippen LogP contribution in [0.5, 0.6) is 0 Å². The van der Waals surface area contributed by atoms with E-state index < -0.39 is 9.84 Å². The van der Waals surface area contributed by atoms with Crippen molar-refractivity contribution in [2.75, 3.05) is 12.8 Å². The van der Waals surface area contributed by atoms with Gasteiger partial charge >= 0.3 is 0 Å². The molecule has 0 saturated heterocycles. The van der Waals surface area contributed by atoms with Crippen LogP contribution in [0.2, 0.25) is 0 Å². The highest BCUT2D eigenvalue weighted by atomic mass is 32.2. The summed E-state index contributed by atoms with van der Waals surface area (Å²) in [5.74, 6) is 0.0398. The lowest BCUT2D eigenvalue weighted by atomic mass is 10.2. The molecule has 0 amide bonds. The molecule has 1 atom stereocenters. The van der Waals surface area contributed by atoms with E-state index in [0.717, 1.165) is 18.7 Å². The Labute approximate surface area is 101 Å². The molecule has 0 saturated carbocycles. The molecule has 6 heteroatoms. The van der Waals surface area contributed by atoms with Gasteiger partial charge in [0, 0.05) is 17.7 Å². The first-order valence-electron chi connectivity index (χ1n) is 5.27. The minimum Gasteiger partial charge on any atom is -0.309 e. The number of rotatable bonds is 6. The van der Waals surface area contributed by atoms with Gasteiger partial charge in [0.05, 0.1) is 5.69 Å². The summed E-state index contributed by atoms with van der Waals surface area (Å²) < 4.78 is 22.2. The third-order valence-electron chi connectivity index (χ3n) is 2.10. The minimum absolute atomic E-state index is 0.0398. The van der Waals surface area contributed by atoms with E-state index in [4.69, 9.17) is 0 Å². The predicted octanol–water partition coefficient (Wildman–Crippen LogP) is 1.75. The van der Waals surface area contributed by atoms with Crippen molar-refractivity contribution < 1.29 is 8.42 Å². The topological polar surface area (TPSA) is 59.1 Å². The zero-order chi connectivity index (χ0) is 12.2. The molecule has 1 N–H and O–H groups in total. The van der Waals surface area contributed by atoms with Gasteiger partial charge in [0.1, 0.15) is 10.8 Å². The van der Waals surface area contributed by atoms with Crippen molar-refractivity contribution in [2.24, 2.45) is 0 Å². The Morgan fingerprint density at radius 2 is 2.25 bits per heavy atom. The van der Waals surface area contributed by atoms with Gasteiger partial charge in [-0.25, -0.2) is 13.4 Å². The molecular weight excluding hydrogens is 244 g/mol. The average Bonchev–Trinajstić information content (AvgIpc) is 2.59. The van der Waals surface area contributed by atoms with Gasteiger partial charge in [-0.2, -0.15) is 0 Å². The van der Waals surface area contributed by atoms with Crippen molar-refractivity contribution >= 4 is 21.2 Å². The molecule has 16 heavy (non-hydrogen) atoms. The second-order valence-electron chi connectivity index (χ2n) is 3.91. The van der Waals surface area contributed by atoms with Gasteiger partial charge < -0.3 is 5.32 Å². The van der Waals surface area contributed by atoms with Crippen molar-refractivity contribution in [1.29, 1.82) is 0 Å². The van der Waals surface area contributed by atoms with Crippen LogP contribution in [0.25, 0.3) is 0 Å². The summed E-state index contributed by atoms with van der Waals surface area (Å²) in [7, 11) is -2.98. The van der Waals surface area contributed by atoms with Crippen molar-refractivity contribution in [3.8, 4) is 0 Å². The molecule has 92 valence electrons. The molecule has 0 bridgehead atoms. The lowest BCUT2D eigenvalue weighted by Crippen LogP contribution is -2.19. The largest absolute Gasteiger partial charge is 0.309 e. The van der Waals surface area contributed by atoms with Crippen molar-refractivity contribution in [3.63, 3.8) is 0 Å². The quantitative estimate of drug-likeness (QED) is 0.848. The molecule has 1 unspecified atom stereocenters. The van der Waals surface area contributed by atoms with E-state index in [1.807, 2.05) is 12.3 Å². The third kappa shape index (κ3) is 4.59. The first-order chi connectivity index (χ1) is 7.42. The first-order valence-corrected chi connectivity index (χ1v) is 8.22. The molecule has 1 heterocycles. The second-order valence-corrected chi connectivity index (χ2v) is 6.99. The summed E-state index contributed by atoms with van der Waals surface area (Å²) in [4.78, 5) is 4.33. The van der Waals surface area contributed by atoms with Gasteiger partial charge in [-0.15, -0.1) is 11.3 Å². The smallest absolute Gasteiger partial charge is 0.153 e. The van der Waals surface area contributed by atoms with E-state index in [2.05, 4.69) is 17.2 Å². The van der Waals surface area contributed by atoms with Gasteiger partial charge in [-0.3, -0.25) is 0 Å². The highest BCUT2D eigenvalue weighted by Gasteiger charge is 2.12. The molecule has 0 aliphatic rings. The Morgan fingerprint density at radius 1 is 1.56 bits per heavy atom. The fraction of sp³-hybridized carbons (Fsp3) is 0.700. The number of hydrogen-bond acceptors (Lipinski definition) is 5. The molecule has 0 radical (unpaired) electrons. The predicted molar refractivity (Wildman–Crippen MR) is 67.4 cm³/mol. The number of nitrogens with one attached hydrogen (secondary N) is 1. The molecule has 0 aliphatic heterocycles. The summed E-state index contributed by atoms with van der Waals surface area (Å²) in [6.07, 6.45) is 2.30. The maximum Gasteiger partial charge on any atom is 0.153 e. The SMILES string of the molecule is CCCNC(C)c1csc(CS(C)(=O)=O)n1. The van der Waals surface area contributed by atoms with Crippen LogP contribution in [0, 0.1) is 0 Å². The zero-order valence-corrected chi connectivity index (χ0v) is 11.5. The number of sulfone groups is 1. The monoisotopic (exact) mass is 262 g/mol. The Kier molecular flexibility index (Phi) is 4.89. The Morgan fingerprint density at radius 3 is 2.81 bits per heavy atom. The molecule has 1 aromatic heterocycles. The van der Waals surface area contributed by atoms with Crippen LogP contribution >= 0.6 is 11.3 Å². The van der Waals surface area contributed by atoms with Gasteiger partial charge in [-0.05, 0) is 19.9 Å². The van der Waals surface area contributed by atoms with E-state index in [1.165, 1.54) is 17.6 Å². The lowest BCUT2D eigenvalue weighted by Gasteiger charge is -2.09. The van der Waals surface area contributed by atoms with E-state index in [9.17, 15) is 8.42 Å². The van der Waals surface area contributed by atoms with Crippen LogP contribution in [-0.4, -0.2) is 26.2 Å². The van der Waals surface area contributed by atoms with E-state index in [0.29, 0.717) is 5.01 Å². The minimum atomic E-state index is -2.98. The summed E-state index contributed by atoms with van der Waals surface area (Å²) in [6, 6.07) is 0.185. The normalized spacial score (nSPS) is 13.9. The molecule has 4 nitrogen and oxygen atoms in total. The number of aromatic nitrogens is 1. The Bertz CT molecular complexity index is 426. The first kappa shape index (κ1) is 13.6. The van der Waals surface area contributed by atoms with Crippen LogP contribution < -0.4 is 5.32 Å². The van der Waals surface area contributed by atoms with Gasteiger partial charge in [0.25, 0.3) is 0 Å². The van der Waals surface area contributed by atoms with Gasteiger partial charge in [-0.1, -0.05) is 6.92 Å². The summed E-state index contributed by atoms with van der Waals surface area (Å²) >= 11 is 1.41. The summed E-state index contributed by atoms with van der Waals surface area (Å²) in [6.45, 7) is 5.09. The van der Waals surface area contributed by atoms with Crippen molar-refractivity contribution in [1.82, 2.24) is 10.3 Å². The maximum atomic E-state index is 11.1. The van der Waals surface area contributed by atoms with Crippen molar-refractivity contribution in [2.45, 2.75) is 32.1 Å². The van der Waals surface area contributed by atoms with Crippen LogP contribution in [0.4, 0.5) is 0 Å². The maximum absolute atomic E-state index is 11.1.